The number of likely N-dealkylation sites (tertiary alicyclic amines) is 1. The van der Waals surface area contributed by atoms with Crippen LogP contribution in [-0.4, -0.2) is 38.1 Å². The van der Waals surface area contributed by atoms with Gasteiger partial charge in [0, 0.05) is 12.6 Å². The molecule has 2 nitrogen and oxygen atoms in total. The lowest BCUT2D eigenvalue weighted by atomic mass is 9.61. The molecular formula is C12H26N2. The van der Waals surface area contributed by atoms with Gasteiger partial charge < -0.3 is 10.2 Å². The van der Waals surface area contributed by atoms with Crippen molar-refractivity contribution in [3.8, 4) is 0 Å². The smallest absolute Gasteiger partial charge is 0.00756 e. The average molecular weight is 198 g/mol. The number of piperidine rings is 1. The van der Waals surface area contributed by atoms with Gasteiger partial charge in [0.1, 0.15) is 0 Å². The Bertz CT molecular complexity index is 162. The number of nitrogens with zero attached hydrogens (tertiary/aromatic N) is 1. The molecule has 1 saturated heterocycles. The van der Waals surface area contributed by atoms with Crippen molar-refractivity contribution in [3.05, 3.63) is 0 Å². The summed E-state index contributed by atoms with van der Waals surface area (Å²) in [4.78, 5) is 2.50. The largest absolute Gasteiger partial charge is 0.317 e. The first-order chi connectivity index (χ1) is 6.74. The zero-order valence-corrected chi connectivity index (χ0v) is 10.3. The van der Waals surface area contributed by atoms with Crippen LogP contribution in [0.15, 0.2) is 0 Å². The third-order valence-corrected chi connectivity index (χ3v) is 3.62. The van der Waals surface area contributed by atoms with Gasteiger partial charge in [-0.15, -0.1) is 0 Å². The Morgan fingerprint density at radius 2 is 1.93 bits per heavy atom. The van der Waals surface area contributed by atoms with E-state index in [1.807, 2.05) is 13.8 Å². The topological polar surface area (TPSA) is 15.3 Å². The van der Waals surface area contributed by atoms with Crippen molar-refractivity contribution in [3.63, 3.8) is 0 Å². The van der Waals surface area contributed by atoms with Crippen LogP contribution in [-0.2, 0) is 0 Å². The standard InChI is InChI=1S/C10H20N2.C2H6/c1-11-9-6-10(7-9)4-3-5-12(2)8-10;1-2/h9,11H,3-8H2,1-2H3;1-2H3. The second-order valence-electron chi connectivity index (χ2n) is 4.74. The minimum Gasteiger partial charge on any atom is -0.317 e. The van der Waals surface area contributed by atoms with Crippen molar-refractivity contribution in [1.82, 2.24) is 10.2 Å². The van der Waals surface area contributed by atoms with Gasteiger partial charge in [0.15, 0.2) is 0 Å². The van der Waals surface area contributed by atoms with Crippen molar-refractivity contribution >= 4 is 0 Å². The number of hydrogen-bond acceptors (Lipinski definition) is 2. The first kappa shape index (κ1) is 12.0. The van der Waals surface area contributed by atoms with Crippen LogP contribution >= 0.6 is 0 Å². The number of hydrogen-bond donors (Lipinski definition) is 1. The molecule has 2 heteroatoms. The SMILES string of the molecule is CC.CNC1CC2(CCCN(C)C2)C1. The first-order valence-electron chi connectivity index (χ1n) is 6.10. The van der Waals surface area contributed by atoms with Crippen LogP contribution in [0.3, 0.4) is 0 Å². The molecule has 0 unspecified atom stereocenters. The highest BCUT2D eigenvalue weighted by molar-refractivity contribution is 5.00. The molecule has 2 fully saturated rings. The molecule has 2 rings (SSSR count). The molecule has 0 bridgehead atoms. The highest BCUT2D eigenvalue weighted by atomic mass is 15.1. The molecule has 1 spiro atoms. The molecule has 84 valence electrons. The van der Waals surface area contributed by atoms with Crippen molar-refractivity contribution in [2.45, 2.75) is 45.6 Å². The minimum atomic E-state index is 0.709. The summed E-state index contributed by atoms with van der Waals surface area (Å²) in [5.74, 6) is 0. The van der Waals surface area contributed by atoms with Crippen molar-refractivity contribution in [2.75, 3.05) is 27.2 Å². The van der Waals surface area contributed by atoms with Crippen molar-refractivity contribution < 1.29 is 0 Å². The van der Waals surface area contributed by atoms with Crippen LogP contribution in [0.2, 0.25) is 0 Å². The third-order valence-electron chi connectivity index (χ3n) is 3.62. The Balaban J connectivity index is 0.000000461. The molecule has 0 amide bonds. The van der Waals surface area contributed by atoms with E-state index in [1.54, 1.807) is 0 Å². The van der Waals surface area contributed by atoms with E-state index in [1.165, 1.54) is 38.8 Å². The Kier molecular flexibility index (Phi) is 4.39. The van der Waals surface area contributed by atoms with Gasteiger partial charge in [-0.3, -0.25) is 0 Å². The predicted molar refractivity (Wildman–Crippen MR) is 62.6 cm³/mol. The van der Waals surface area contributed by atoms with Gasteiger partial charge in [-0.25, -0.2) is 0 Å². The van der Waals surface area contributed by atoms with Crippen LogP contribution in [0, 0.1) is 5.41 Å². The zero-order chi connectivity index (χ0) is 10.6. The third kappa shape index (κ3) is 2.48. The van der Waals surface area contributed by atoms with Crippen molar-refractivity contribution in [2.24, 2.45) is 5.41 Å². The van der Waals surface area contributed by atoms with E-state index in [4.69, 9.17) is 0 Å². The highest BCUT2D eigenvalue weighted by Crippen LogP contribution is 2.47. The summed E-state index contributed by atoms with van der Waals surface area (Å²) >= 11 is 0. The molecule has 0 radical (unpaired) electrons. The molecule has 0 aromatic rings. The van der Waals surface area contributed by atoms with Gasteiger partial charge in [-0.05, 0) is 51.7 Å². The van der Waals surface area contributed by atoms with E-state index in [9.17, 15) is 0 Å². The molecule has 0 aromatic carbocycles. The minimum absolute atomic E-state index is 0.709. The van der Waals surface area contributed by atoms with Gasteiger partial charge in [0.25, 0.3) is 0 Å². The summed E-state index contributed by atoms with van der Waals surface area (Å²) in [6, 6.07) is 0.816. The van der Waals surface area contributed by atoms with Crippen LogP contribution in [0.25, 0.3) is 0 Å². The number of nitrogens with one attached hydrogen (secondary N) is 1. The van der Waals surface area contributed by atoms with E-state index >= 15 is 0 Å². The Morgan fingerprint density at radius 1 is 1.29 bits per heavy atom. The maximum atomic E-state index is 3.37. The molecule has 2 aliphatic rings. The molecule has 0 atom stereocenters. The molecule has 14 heavy (non-hydrogen) atoms. The lowest BCUT2D eigenvalue weighted by Gasteiger charge is -2.52. The van der Waals surface area contributed by atoms with E-state index < -0.39 is 0 Å². The van der Waals surface area contributed by atoms with Crippen LogP contribution in [0.5, 0.6) is 0 Å². The summed E-state index contributed by atoms with van der Waals surface area (Å²) in [6.07, 6.45) is 5.70. The van der Waals surface area contributed by atoms with Gasteiger partial charge in [-0.1, -0.05) is 13.8 Å². The van der Waals surface area contributed by atoms with Gasteiger partial charge in [0.05, 0.1) is 0 Å². The van der Waals surface area contributed by atoms with Gasteiger partial charge in [0.2, 0.25) is 0 Å². The number of rotatable bonds is 1. The molecular weight excluding hydrogens is 172 g/mol. The predicted octanol–water partition coefficient (Wildman–Crippen LogP) is 2.11. The van der Waals surface area contributed by atoms with Gasteiger partial charge in [-0.2, -0.15) is 0 Å². The Labute approximate surface area is 89.1 Å². The zero-order valence-electron chi connectivity index (χ0n) is 10.3. The fraction of sp³-hybridized carbons (Fsp3) is 1.00. The van der Waals surface area contributed by atoms with Crippen LogP contribution < -0.4 is 5.32 Å². The molecule has 1 aliphatic carbocycles. The monoisotopic (exact) mass is 198 g/mol. The second-order valence-corrected chi connectivity index (χ2v) is 4.74. The second kappa shape index (κ2) is 5.13. The quantitative estimate of drug-likeness (QED) is 0.694. The van der Waals surface area contributed by atoms with Crippen LogP contribution in [0.4, 0.5) is 0 Å². The summed E-state index contributed by atoms with van der Waals surface area (Å²) in [6.45, 7) is 6.65. The van der Waals surface area contributed by atoms with E-state index in [0.717, 1.165) is 6.04 Å². The van der Waals surface area contributed by atoms with Gasteiger partial charge >= 0.3 is 0 Å². The molecule has 1 N–H and O–H groups in total. The Hall–Kier alpha value is -0.0800. The van der Waals surface area contributed by atoms with E-state index in [2.05, 4.69) is 24.3 Å². The fourth-order valence-electron chi connectivity index (χ4n) is 2.98. The van der Waals surface area contributed by atoms with E-state index in [-0.39, 0.29) is 0 Å². The maximum Gasteiger partial charge on any atom is 0.00756 e. The first-order valence-corrected chi connectivity index (χ1v) is 6.10. The molecule has 1 aliphatic heterocycles. The fourth-order valence-corrected chi connectivity index (χ4v) is 2.98. The van der Waals surface area contributed by atoms with Crippen LogP contribution in [0.1, 0.15) is 39.5 Å². The molecule has 1 saturated carbocycles. The summed E-state index contributed by atoms with van der Waals surface area (Å²) in [5.41, 5.74) is 0.709. The molecule has 1 heterocycles. The summed E-state index contributed by atoms with van der Waals surface area (Å²) < 4.78 is 0. The Morgan fingerprint density at radius 3 is 2.43 bits per heavy atom. The summed E-state index contributed by atoms with van der Waals surface area (Å²) in [7, 11) is 4.34. The maximum absolute atomic E-state index is 3.37. The van der Waals surface area contributed by atoms with E-state index in [0.29, 0.717) is 5.41 Å². The lowest BCUT2D eigenvalue weighted by Crippen LogP contribution is -2.54. The molecule has 0 aromatic heterocycles. The van der Waals surface area contributed by atoms with Crippen molar-refractivity contribution in [1.29, 1.82) is 0 Å². The highest BCUT2D eigenvalue weighted by Gasteiger charge is 2.44. The summed E-state index contributed by atoms with van der Waals surface area (Å²) in [5, 5.41) is 3.37. The normalized spacial score (nSPS) is 37.3. The lowest BCUT2D eigenvalue weighted by molar-refractivity contribution is 0.00706. The average Bonchev–Trinajstić information content (AvgIpc) is 2.17.